The summed E-state index contributed by atoms with van der Waals surface area (Å²) in [7, 11) is 0. The van der Waals surface area contributed by atoms with Gasteiger partial charge in [-0.3, -0.25) is 4.90 Å². The molecule has 1 fully saturated rings. The average Bonchev–Trinajstić information content (AvgIpc) is 3.04. The van der Waals surface area contributed by atoms with Gasteiger partial charge < -0.3 is 10.3 Å². The average molecular weight is 308 g/mol. The molecule has 2 unspecified atom stereocenters. The Morgan fingerprint density at radius 2 is 1.91 bits per heavy atom. The van der Waals surface area contributed by atoms with E-state index >= 15 is 0 Å². The van der Waals surface area contributed by atoms with Crippen LogP contribution in [-0.2, 0) is 5.41 Å². The van der Waals surface area contributed by atoms with Crippen LogP contribution in [0.2, 0.25) is 0 Å². The van der Waals surface area contributed by atoms with Gasteiger partial charge in [0, 0.05) is 17.4 Å². The molecule has 1 aromatic rings. The van der Waals surface area contributed by atoms with Gasteiger partial charge in [0.2, 0.25) is 5.89 Å². The maximum atomic E-state index is 6.14. The van der Waals surface area contributed by atoms with Crippen molar-refractivity contribution in [1.29, 1.82) is 0 Å². The van der Waals surface area contributed by atoms with E-state index in [4.69, 9.17) is 10.3 Å². The minimum Gasteiger partial charge on any atom is -0.338 e. The summed E-state index contributed by atoms with van der Waals surface area (Å²) in [5, 5.41) is 4.15. The Labute approximate surface area is 134 Å². The number of rotatable bonds is 3. The van der Waals surface area contributed by atoms with Gasteiger partial charge in [-0.05, 0) is 31.8 Å². The summed E-state index contributed by atoms with van der Waals surface area (Å²) in [6.07, 6.45) is 1.12. The van der Waals surface area contributed by atoms with Crippen LogP contribution in [-0.4, -0.2) is 34.7 Å². The minimum absolute atomic E-state index is 0.0844. The van der Waals surface area contributed by atoms with Crippen LogP contribution in [0.1, 0.15) is 72.6 Å². The van der Waals surface area contributed by atoms with Gasteiger partial charge in [0.15, 0.2) is 5.82 Å². The molecule has 1 aliphatic rings. The van der Waals surface area contributed by atoms with Crippen molar-refractivity contribution in [3.05, 3.63) is 11.7 Å². The Morgan fingerprint density at radius 1 is 1.27 bits per heavy atom. The number of nitrogens with two attached hydrogens (primary N) is 1. The molecule has 0 spiro atoms. The molecule has 2 heterocycles. The Bertz CT molecular complexity index is 511. The van der Waals surface area contributed by atoms with Gasteiger partial charge in [-0.1, -0.05) is 46.7 Å². The predicted molar refractivity (Wildman–Crippen MR) is 88.5 cm³/mol. The fourth-order valence-corrected chi connectivity index (χ4v) is 3.19. The lowest BCUT2D eigenvalue weighted by atomic mass is 9.66. The third-order valence-electron chi connectivity index (χ3n) is 5.38. The summed E-state index contributed by atoms with van der Waals surface area (Å²) in [5.74, 6) is 1.49. The highest BCUT2D eigenvalue weighted by Gasteiger charge is 2.47. The summed E-state index contributed by atoms with van der Waals surface area (Å²) in [6, 6.07) is 0.138. The lowest BCUT2D eigenvalue weighted by Gasteiger charge is -2.41. The van der Waals surface area contributed by atoms with E-state index < -0.39 is 0 Å². The Hall–Kier alpha value is -0.940. The molecular weight excluding hydrogens is 276 g/mol. The molecule has 1 aromatic heterocycles. The van der Waals surface area contributed by atoms with Gasteiger partial charge in [-0.15, -0.1) is 0 Å². The Morgan fingerprint density at radius 3 is 2.32 bits per heavy atom. The molecule has 2 rings (SSSR count). The summed E-state index contributed by atoms with van der Waals surface area (Å²) >= 11 is 0. The number of hydrogen-bond donors (Lipinski definition) is 1. The van der Waals surface area contributed by atoms with Crippen LogP contribution in [0, 0.1) is 10.8 Å². The zero-order valence-corrected chi connectivity index (χ0v) is 15.2. The van der Waals surface area contributed by atoms with E-state index in [1.807, 2.05) is 0 Å². The maximum absolute atomic E-state index is 6.14. The van der Waals surface area contributed by atoms with Crippen LogP contribution >= 0.6 is 0 Å². The van der Waals surface area contributed by atoms with Crippen molar-refractivity contribution in [3.63, 3.8) is 0 Å². The molecule has 126 valence electrons. The molecule has 0 saturated carbocycles. The maximum Gasteiger partial charge on any atom is 0.243 e. The van der Waals surface area contributed by atoms with Crippen molar-refractivity contribution in [2.75, 3.05) is 19.6 Å². The standard InChI is InChI=1S/C17H32N4O/c1-12(13-19-14(20-22-13)15(2,3)4)21-9-8-17(10-18,11-21)16(5,6)7/h12H,8-11,18H2,1-7H3. The van der Waals surface area contributed by atoms with E-state index in [0.717, 1.165) is 31.9 Å². The van der Waals surface area contributed by atoms with E-state index in [-0.39, 0.29) is 22.3 Å². The van der Waals surface area contributed by atoms with Crippen molar-refractivity contribution in [1.82, 2.24) is 15.0 Å². The summed E-state index contributed by atoms with van der Waals surface area (Å²) in [6.45, 7) is 18.1. The highest BCUT2D eigenvalue weighted by atomic mass is 16.5. The van der Waals surface area contributed by atoms with E-state index in [9.17, 15) is 0 Å². The smallest absolute Gasteiger partial charge is 0.243 e. The number of aromatic nitrogens is 2. The molecule has 0 radical (unpaired) electrons. The van der Waals surface area contributed by atoms with Crippen LogP contribution in [0.15, 0.2) is 4.52 Å². The first kappa shape index (κ1) is 17.4. The first-order valence-electron chi connectivity index (χ1n) is 8.28. The van der Waals surface area contributed by atoms with Gasteiger partial charge in [0.25, 0.3) is 0 Å². The third kappa shape index (κ3) is 3.06. The number of nitrogens with zero attached hydrogens (tertiary/aromatic N) is 3. The molecule has 22 heavy (non-hydrogen) atoms. The molecule has 1 aliphatic heterocycles. The highest BCUT2D eigenvalue weighted by molar-refractivity contribution is 5.05. The Kier molecular flexibility index (Phi) is 4.44. The van der Waals surface area contributed by atoms with Crippen LogP contribution < -0.4 is 5.73 Å². The van der Waals surface area contributed by atoms with Gasteiger partial charge in [0.1, 0.15) is 0 Å². The van der Waals surface area contributed by atoms with E-state index in [1.54, 1.807) is 0 Å². The van der Waals surface area contributed by atoms with Gasteiger partial charge in [0.05, 0.1) is 6.04 Å². The molecule has 0 amide bonds. The van der Waals surface area contributed by atoms with Crippen molar-refractivity contribution < 1.29 is 4.52 Å². The molecule has 0 aliphatic carbocycles. The first-order chi connectivity index (χ1) is 10.00. The lowest BCUT2D eigenvalue weighted by molar-refractivity contribution is 0.0896. The van der Waals surface area contributed by atoms with Crippen LogP contribution in [0.3, 0.4) is 0 Å². The van der Waals surface area contributed by atoms with E-state index in [1.165, 1.54) is 0 Å². The minimum atomic E-state index is -0.0844. The third-order valence-corrected chi connectivity index (χ3v) is 5.38. The van der Waals surface area contributed by atoms with Crippen LogP contribution in [0.25, 0.3) is 0 Å². The quantitative estimate of drug-likeness (QED) is 0.929. The van der Waals surface area contributed by atoms with Crippen molar-refractivity contribution in [2.24, 2.45) is 16.6 Å². The molecule has 2 N–H and O–H groups in total. The monoisotopic (exact) mass is 308 g/mol. The molecule has 0 bridgehead atoms. The molecule has 5 nitrogen and oxygen atoms in total. The molecule has 5 heteroatoms. The highest BCUT2D eigenvalue weighted by Crippen LogP contribution is 2.46. The predicted octanol–water partition coefficient (Wildman–Crippen LogP) is 3.13. The van der Waals surface area contributed by atoms with Crippen molar-refractivity contribution in [3.8, 4) is 0 Å². The molecule has 2 atom stereocenters. The summed E-state index contributed by atoms with van der Waals surface area (Å²) in [4.78, 5) is 7.04. The fourth-order valence-electron chi connectivity index (χ4n) is 3.19. The zero-order valence-electron chi connectivity index (χ0n) is 15.2. The fraction of sp³-hybridized carbons (Fsp3) is 0.882. The Balaban J connectivity index is 2.15. The van der Waals surface area contributed by atoms with E-state index in [0.29, 0.717) is 5.89 Å². The second-order valence-electron chi connectivity index (χ2n) is 8.84. The normalized spacial score (nSPS) is 25.6. The summed E-state index contributed by atoms with van der Waals surface area (Å²) < 4.78 is 5.52. The lowest BCUT2D eigenvalue weighted by Crippen LogP contribution is -2.44. The SMILES string of the molecule is CC(c1nc(C(C)(C)C)no1)N1CCC(CN)(C(C)(C)C)C1. The van der Waals surface area contributed by atoms with E-state index in [2.05, 4.69) is 63.5 Å². The van der Waals surface area contributed by atoms with Crippen LogP contribution in [0.4, 0.5) is 0 Å². The van der Waals surface area contributed by atoms with Crippen LogP contribution in [0.5, 0.6) is 0 Å². The number of hydrogen-bond acceptors (Lipinski definition) is 5. The van der Waals surface area contributed by atoms with Crippen molar-refractivity contribution in [2.45, 2.75) is 66.3 Å². The first-order valence-corrected chi connectivity index (χ1v) is 8.28. The van der Waals surface area contributed by atoms with Gasteiger partial charge >= 0.3 is 0 Å². The van der Waals surface area contributed by atoms with Crippen molar-refractivity contribution >= 4 is 0 Å². The zero-order chi connectivity index (χ0) is 16.8. The summed E-state index contributed by atoms with van der Waals surface area (Å²) in [5.41, 5.74) is 6.41. The van der Waals surface area contributed by atoms with Gasteiger partial charge in [-0.2, -0.15) is 4.98 Å². The largest absolute Gasteiger partial charge is 0.338 e. The topological polar surface area (TPSA) is 68.2 Å². The molecule has 0 aromatic carbocycles. The van der Waals surface area contributed by atoms with Gasteiger partial charge in [-0.25, -0.2) is 0 Å². The molecule has 1 saturated heterocycles. The number of likely N-dealkylation sites (tertiary alicyclic amines) is 1. The second-order valence-corrected chi connectivity index (χ2v) is 8.84. The molecular formula is C17H32N4O. The second kappa shape index (κ2) is 5.60.